The second kappa shape index (κ2) is 16.3. The molecule has 17 nitrogen and oxygen atoms in total. The first-order valence-corrected chi connectivity index (χ1v) is 21.1. The summed E-state index contributed by atoms with van der Waals surface area (Å²) in [5, 5.41) is 6.36. The van der Waals surface area contributed by atoms with E-state index in [1.54, 1.807) is 33.9 Å². The zero-order chi connectivity index (χ0) is 40.5. The molecule has 4 heterocycles. The van der Waals surface area contributed by atoms with Crippen molar-refractivity contribution in [3.63, 3.8) is 0 Å². The standard InChI is InChI=1S/C39H52N6O11S/c1-38(2,3)56-37(49)40-30-23-54-15-7-5-6-8-25-21-39(25,36(48)43-57(50,51)28-10-11-28)42-33(46)31-20-27(22-45(31)35(30)47)55-34-29-12-9-26(52-4)18-24(29)19-32(41-34)44-13-16-53-17-14-44/h6,8-9,12,18-19,25,27-28,30-31H,5,7,10-11,13-17,20-23H2,1-4H3,(H,40,49)(H,42,46)(H,43,48)/t25-,27?,30+,31+,39-/m1/s1. The molecule has 18 heteroatoms. The van der Waals surface area contributed by atoms with Crippen molar-refractivity contribution in [1.29, 1.82) is 0 Å². The van der Waals surface area contributed by atoms with Crippen LogP contribution in [0.4, 0.5) is 10.6 Å². The first kappa shape index (κ1) is 40.5. The highest BCUT2D eigenvalue weighted by molar-refractivity contribution is 7.91. The second-order valence-electron chi connectivity index (χ2n) is 16.2. The predicted molar refractivity (Wildman–Crippen MR) is 207 cm³/mol. The van der Waals surface area contributed by atoms with Gasteiger partial charge in [-0.3, -0.25) is 19.1 Å². The van der Waals surface area contributed by atoms with Crippen molar-refractivity contribution in [3.05, 3.63) is 36.4 Å². The van der Waals surface area contributed by atoms with E-state index in [9.17, 15) is 27.6 Å². The molecule has 5 atom stereocenters. The maximum atomic E-state index is 14.5. The van der Waals surface area contributed by atoms with Crippen molar-refractivity contribution in [2.45, 2.75) is 93.9 Å². The van der Waals surface area contributed by atoms with E-state index < -0.39 is 74.3 Å². The Kier molecular flexibility index (Phi) is 11.6. The van der Waals surface area contributed by atoms with Crippen molar-refractivity contribution < 1.29 is 51.3 Å². The van der Waals surface area contributed by atoms with Gasteiger partial charge in [0.25, 0.3) is 5.91 Å². The summed E-state index contributed by atoms with van der Waals surface area (Å²) in [7, 11) is -2.34. The van der Waals surface area contributed by atoms with E-state index in [4.69, 9.17) is 28.7 Å². The van der Waals surface area contributed by atoms with E-state index in [1.165, 1.54) is 4.90 Å². The number of nitrogens with zero attached hydrogens (tertiary/aromatic N) is 3. The van der Waals surface area contributed by atoms with Gasteiger partial charge >= 0.3 is 6.09 Å². The van der Waals surface area contributed by atoms with Crippen LogP contribution in [0.2, 0.25) is 0 Å². The van der Waals surface area contributed by atoms with Crippen molar-refractivity contribution in [1.82, 2.24) is 25.2 Å². The second-order valence-corrected chi connectivity index (χ2v) is 18.2. The van der Waals surface area contributed by atoms with Gasteiger partial charge in [-0.15, -0.1) is 0 Å². The van der Waals surface area contributed by atoms with Crippen LogP contribution in [0.15, 0.2) is 36.4 Å². The average molecular weight is 813 g/mol. The van der Waals surface area contributed by atoms with Crippen molar-refractivity contribution >= 4 is 50.4 Å². The fraction of sp³-hybridized carbons (Fsp3) is 0.615. The normalized spacial score (nSPS) is 27.3. The van der Waals surface area contributed by atoms with Crippen LogP contribution in [0.3, 0.4) is 0 Å². The molecular weight excluding hydrogens is 761 g/mol. The molecule has 1 unspecified atom stereocenters. The number of allylic oxidation sites excluding steroid dienone is 1. The Morgan fingerprint density at radius 3 is 2.56 bits per heavy atom. The van der Waals surface area contributed by atoms with Crippen LogP contribution in [0.5, 0.6) is 11.6 Å². The first-order valence-electron chi connectivity index (χ1n) is 19.6. The Morgan fingerprint density at radius 1 is 1.07 bits per heavy atom. The Bertz CT molecular complexity index is 2010. The number of nitrogens with one attached hydrogen (secondary N) is 3. The lowest BCUT2D eigenvalue weighted by Crippen LogP contribution is -2.59. The van der Waals surface area contributed by atoms with Gasteiger partial charge in [0.1, 0.15) is 40.9 Å². The summed E-state index contributed by atoms with van der Waals surface area (Å²) in [6, 6.07) is 5.04. The number of pyridine rings is 1. The van der Waals surface area contributed by atoms with E-state index in [1.807, 2.05) is 30.4 Å². The monoisotopic (exact) mass is 812 g/mol. The van der Waals surface area contributed by atoms with Crippen LogP contribution in [0, 0.1) is 5.92 Å². The molecular formula is C39H52N6O11S. The third-order valence-electron chi connectivity index (χ3n) is 10.7. The van der Waals surface area contributed by atoms with Gasteiger partial charge in [-0.2, -0.15) is 4.98 Å². The maximum Gasteiger partial charge on any atom is 0.408 e. The Hall–Kier alpha value is -4.68. The molecule has 7 rings (SSSR count). The summed E-state index contributed by atoms with van der Waals surface area (Å²) in [6.45, 7) is 7.41. The summed E-state index contributed by atoms with van der Waals surface area (Å²) in [5.74, 6) is -0.981. The summed E-state index contributed by atoms with van der Waals surface area (Å²) in [4.78, 5) is 64.2. The lowest BCUT2D eigenvalue weighted by molar-refractivity contribution is -0.142. The lowest BCUT2D eigenvalue weighted by Gasteiger charge is -2.30. The molecule has 3 N–H and O–H groups in total. The maximum absolute atomic E-state index is 14.5. The smallest absolute Gasteiger partial charge is 0.408 e. The number of hydrogen-bond acceptors (Lipinski definition) is 13. The number of morpholine rings is 1. The van der Waals surface area contributed by atoms with E-state index in [0.717, 1.165) is 5.39 Å². The molecule has 57 heavy (non-hydrogen) atoms. The largest absolute Gasteiger partial charge is 0.497 e. The molecule has 2 saturated carbocycles. The van der Waals surface area contributed by atoms with Crippen molar-refractivity contribution in [2.75, 3.05) is 58.1 Å². The number of methoxy groups -OCH3 is 1. The molecule has 5 aliphatic rings. The van der Waals surface area contributed by atoms with Crippen LogP contribution >= 0.6 is 0 Å². The van der Waals surface area contributed by atoms with Gasteiger partial charge in [0.15, 0.2) is 0 Å². The van der Waals surface area contributed by atoms with Gasteiger partial charge in [-0.05, 0) is 82.5 Å². The Balaban J connectivity index is 1.21. The van der Waals surface area contributed by atoms with Crippen LogP contribution in [-0.2, 0) is 38.6 Å². The fourth-order valence-corrected chi connectivity index (χ4v) is 8.82. The third-order valence-corrected chi connectivity index (χ3v) is 12.5. The number of anilines is 1. The number of carbonyl (C=O) groups excluding carboxylic acids is 4. The predicted octanol–water partition coefficient (Wildman–Crippen LogP) is 2.17. The highest BCUT2D eigenvalue weighted by Crippen LogP contribution is 2.46. The summed E-state index contributed by atoms with van der Waals surface area (Å²) in [6.07, 6.45) is 4.30. The fourth-order valence-electron chi connectivity index (χ4n) is 7.45. The molecule has 2 aliphatic carbocycles. The molecule has 0 bridgehead atoms. The number of sulfonamides is 1. The van der Waals surface area contributed by atoms with Gasteiger partial charge in [-0.25, -0.2) is 13.2 Å². The van der Waals surface area contributed by atoms with Crippen molar-refractivity contribution in [3.8, 4) is 11.6 Å². The van der Waals surface area contributed by atoms with Crippen LogP contribution in [-0.4, -0.2) is 130 Å². The Labute approximate surface area is 332 Å². The number of ether oxygens (including phenoxy) is 5. The minimum atomic E-state index is -3.92. The number of aromatic nitrogens is 1. The number of alkyl carbamates (subject to hydrolysis) is 1. The molecule has 310 valence electrons. The van der Waals surface area contributed by atoms with E-state index in [2.05, 4.69) is 20.3 Å². The highest BCUT2D eigenvalue weighted by atomic mass is 32.2. The van der Waals surface area contributed by atoms with Crippen LogP contribution in [0.25, 0.3) is 10.8 Å². The molecule has 4 fully saturated rings. The number of rotatable bonds is 8. The van der Waals surface area contributed by atoms with Gasteiger partial charge in [0.2, 0.25) is 27.7 Å². The summed E-state index contributed by atoms with van der Waals surface area (Å²) < 4.78 is 57.0. The molecule has 4 amide bonds. The molecule has 3 aliphatic heterocycles. The summed E-state index contributed by atoms with van der Waals surface area (Å²) in [5.41, 5.74) is -2.40. The molecule has 0 spiro atoms. The quantitative estimate of drug-likeness (QED) is 0.328. The van der Waals surface area contributed by atoms with Gasteiger partial charge in [0.05, 0.1) is 38.7 Å². The van der Waals surface area contributed by atoms with Gasteiger partial charge in [-0.1, -0.05) is 12.2 Å². The number of carbonyl (C=O) groups is 4. The minimum absolute atomic E-state index is 0.00270. The number of benzene rings is 1. The lowest BCUT2D eigenvalue weighted by atomic mass is 10.1. The number of amides is 4. The SMILES string of the molecule is COc1ccc2c(OC3C[C@H]4C(=O)N[C@]5(C(=O)NS(=O)(=O)C6CC6)C[C@H]5C=CCCCOC[C@H](NC(=O)OC(C)(C)C)C(=O)N4C3)nc(N3CCOCC3)cc2c1. The van der Waals surface area contributed by atoms with Crippen LogP contribution in [0.1, 0.15) is 59.3 Å². The highest BCUT2D eigenvalue weighted by Gasteiger charge is 2.62. The van der Waals surface area contributed by atoms with Gasteiger partial charge < -0.3 is 44.1 Å². The molecule has 0 radical (unpaired) electrons. The first-order chi connectivity index (χ1) is 27.2. The van der Waals surface area contributed by atoms with Crippen LogP contribution < -0.4 is 29.7 Å². The summed E-state index contributed by atoms with van der Waals surface area (Å²) >= 11 is 0. The number of fused-ring (bicyclic) bond motifs is 3. The topological polar surface area (TPSA) is 204 Å². The zero-order valence-corrected chi connectivity index (χ0v) is 33.6. The third kappa shape index (κ3) is 9.39. The molecule has 2 saturated heterocycles. The zero-order valence-electron chi connectivity index (χ0n) is 32.8. The molecule has 1 aromatic carbocycles. The van der Waals surface area contributed by atoms with E-state index in [-0.39, 0.29) is 38.5 Å². The molecule has 1 aromatic heterocycles. The van der Waals surface area contributed by atoms with E-state index in [0.29, 0.717) is 68.9 Å². The average Bonchev–Trinajstić information content (AvgIpc) is 4.09. The van der Waals surface area contributed by atoms with Gasteiger partial charge in [0, 0.05) is 37.4 Å². The minimum Gasteiger partial charge on any atom is -0.497 e. The number of hydrogen-bond donors (Lipinski definition) is 3. The van der Waals surface area contributed by atoms with E-state index >= 15 is 0 Å². The Morgan fingerprint density at radius 2 is 1.84 bits per heavy atom. The molecule has 2 aromatic rings. The van der Waals surface area contributed by atoms with Crippen molar-refractivity contribution in [2.24, 2.45) is 5.92 Å².